The average molecular weight is 250 g/mol. The van der Waals surface area contributed by atoms with Crippen molar-refractivity contribution in [3.8, 4) is 11.5 Å². The van der Waals surface area contributed by atoms with Crippen LogP contribution in [0.5, 0.6) is 11.5 Å². The molecule has 1 aliphatic carbocycles. The van der Waals surface area contributed by atoms with Crippen molar-refractivity contribution < 1.29 is 14.3 Å². The van der Waals surface area contributed by atoms with E-state index in [0.717, 1.165) is 37.2 Å². The van der Waals surface area contributed by atoms with E-state index in [1.165, 1.54) is 4.90 Å². The molecule has 0 N–H and O–H groups in total. The molecule has 0 atom stereocenters. The molecule has 0 spiro atoms. The summed E-state index contributed by atoms with van der Waals surface area (Å²) in [6.45, 7) is 0.321. The molecule has 90 valence electrons. The monoisotopic (exact) mass is 250 g/mol. The van der Waals surface area contributed by atoms with Crippen molar-refractivity contribution in [1.29, 1.82) is 0 Å². The summed E-state index contributed by atoms with van der Waals surface area (Å²) in [5.74, 6) is 2.07. The normalized spacial score (nSPS) is 19.6. The first kappa shape index (κ1) is 11.0. The molecule has 1 aromatic rings. The number of carbonyl (C=O) groups excluding carboxylic acids is 1. The summed E-state index contributed by atoms with van der Waals surface area (Å²) in [6.07, 6.45) is 3.47. The molecule has 1 fully saturated rings. The first-order chi connectivity index (χ1) is 8.31. The highest BCUT2D eigenvalue weighted by Crippen LogP contribution is 2.39. The summed E-state index contributed by atoms with van der Waals surface area (Å²) in [5.41, 5.74) is 0. The second kappa shape index (κ2) is 4.61. The van der Waals surface area contributed by atoms with Crippen LogP contribution in [0.1, 0.15) is 25.7 Å². The fourth-order valence-corrected chi connectivity index (χ4v) is 3.35. The van der Waals surface area contributed by atoms with Crippen molar-refractivity contribution in [3.05, 3.63) is 18.2 Å². The van der Waals surface area contributed by atoms with Crippen LogP contribution < -0.4 is 9.47 Å². The number of thioether (sulfide) groups is 1. The fraction of sp³-hybridized carbons (Fsp3) is 0.462. The highest BCUT2D eigenvalue weighted by molar-refractivity contribution is 8.00. The van der Waals surface area contributed by atoms with E-state index in [1.54, 1.807) is 0 Å². The van der Waals surface area contributed by atoms with Gasteiger partial charge in [-0.05, 0) is 31.0 Å². The molecular formula is C13H14O3S. The molecule has 1 saturated carbocycles. The van der Waals surface area contributed by atoms with Crippen molar-refractivity contribution in [2.24, 2.45) is 0 Å². The number of ether oxygens (including phenoxy) is 2. The predicted octanol–water partition coefficient (Wildman–Crippen LogP) is 3.02. The molecule has 4 heteroatoms. The number of benzene rings is 1. The number of carbonyl (C=O) groups is 1. The molecule has 0 aromatic heterocycles. The Bertz CT molecular complexity index is 434. The number of Topliss-reactive ketones (excluding diaryl/α,β-unsaturated/α-hetero) is 1. The highest BCUT2D eigenvalue weighted by atomic mass is 32.2. The first-order valence-corrected chi connectivity index (χ1v) is 6.77. The lowest BCUT2D eigenvalue weighted by molar-refractivity contribution is -0.120. The van der Waals surface area contributed by atoms with E-state index in [2.05, 4.69) is 6.07 Å². The molecule has 0 amide bonds. The lowest BCUT2D eigenvalue weighted by Gasteiger charge is -2.20. The summed E-state index contributed by atoms with van der Waals surface area (Å²) in [7, 11) is 0. The average Bonchev–Trinajstić information content (AvgIpc) is 2.79. The van der Waals surface area contributed by atoms with E-state index < -0.39 is 0 Å². The molecule has 0 unspecified atom stereocenters. The van der Waals surface area contributed by atoms with E-state index in [9.17, 15) is 4.79 Å². The van der Waals surface area contributed by atoms with Gasteiger partial charge in [0, 0.05) is 23.0 Å². The molecule has 2 aliphatic rings. The van der Waals surface area contributed by atoms with Gasteiger partial charge in [0.25, 0.3) is 0 Å². The van der Waals surface area contributed by atoms with Gasteiger partial charge in [0.15, 0.2) is 11.5 Å². The Balaban J connectivity index is 1.67. The van der Waals surface area contributed by atoms with Crippen LogP contribution in [0.15, 0.2) is 23.1 Å². The van der Waals surface area contributed by atoms with E-state index >= 15 is 0 Å². The van der Waals surface area contributed by atoms with Gasteiger partial charge in [0.05, 0.1) is 0 Å². The standard InChI is InChI=1S/C13H14O3S/c14-9-1-3-10(4-2-9)17-11-5-6-12-13(7-11)16-8-15-12/h5-7,10H,1-4,8H2. The Kier molecular flexibility index (Phi) is 2.97. The van der Waals surface area contributed by atoms with Crippen molar-refractivity contribution in [1.82, 2.24) is 0 Å². The SMILES string of the molecule is O=C1CCC(Sc2ccc3c(c2)OCO3)CC1. The van der Waals surface area contributed by atoms with Gasteiger partial charge in [-0.25, -0.2) is 0 Å². The Morgan fingerprint density at radius 2 is 1.88 bits per heavy atom. The van der Waals surface area contributed by atoms with Gasteiger partial charge in [-0.3, -0.25) is 4.79 Å². The van der Waals surface area contributed by atoms with Gasteiger partial charge < -0.3 is 9.47 Å². The topological polar surface area (TPSA) is 35.5 Å². The van der Waals surface area contributed by atoms with Crippen molar-refractivity contribution in [3.63, 3.8) is 0 Å². The van der Waals surface area contributed by atoms with Gasteiger partial charge in [-0.2, -0.15) is 0 Å². The second-order valence-corrected chi connectivity index (χ2v) is 5.74. The number of ketones is 1. The molecule has 0 radical (unpaired) electrons. The molecule has 1 heterocycles. The van der Waals surface area contributed by atoms with Gasteiger partial charge in [0.2, 0.25) is 6.79 Å². The molecule has 0 bridgehead atoms. The zero-order valence-electron chi connectivity index (χ0n) is 9.48. The number of hydrogen-bond acceptors (Lipinski definition) is 4. The quantitative estimate of drug-likeness (QED) is 0.808. The van der Waals surface area contributed by atoms with Gasteiger partial charge in [-0.1, -0.05) is 0 Å². The van der Waals surface area contributed by atoms with E-state index in [0.29, 0.717) is 17.8 Å². The summed E-state index contributed by atoms with van der Waals surface area (Å²) < 4.78 is 10.6. The Hall–Kier alpha value is -1.16. The van der Waals surface area contributed by atoms with Gasteiger partial charge in [0.1, 0.15) is 5.78 Å². The lowest BCUT2D eigenvalue weighted by atomic mass is 9.99. The summed E-state index contributed by atoms with van der Waals surface area (Å²) >= 11 is 1.84. The molecule has 1 aliphatic heterocycles. The van der Waals surface area contributed by atoms with Crippen LogP contribution in [-0.2, 0) is 4.79 Å². The number of rotatable bonds is 2. The Morgan fingerprint density at radius 1 is 1.12 bits per heavy atom. The van der Waals surface area contributed by atoms with Crippen molar-refractivity contribution in [2.45, 2.75) is 35.8 Å². The van der Waals surface area contributed by atoms with Crippen LogP contribution >= 0.6 is 11.8 Å². The fourth-order valence-electron chi connectivity index (χ4n) is 2.17. The smallest absolute Gasteiger partial charge is 0.231 e. The van der Waals surface area contributed by atoms with Crippen LogP contribution in [0.4, 0.5) is 0 Å². The molecule has 17 heavy (non-hydrogen) atoms. The predicted molar refractivity (Wildman–Crippen MR) is 65.7 cm³/mol. The first-order valence-electron chi connectivity index (χ1n) is 5.89. The molecule has 3 rings (SSSR count). The van der Waals surface area contributed by atoms with Crippen LogP contribution in [0, 0.1) is 0 Å². The summed E-state index contributed by atoms with van der Waals surface area (Å²) in [6, 6.07) is 6.05. The van der Waals surface area contributed by atoms with Crippen LogP contribution in [0.2, 0.25) is 0 Å². The maximum absolute atomic E-state index is 11.2. The highest BCUT2D eigenvalue weighted by Gasteiger charge is 2.21. The summed E-state index contributed by atoms with van der Waals surface area (Å²) in [5, 5.41) is 0.563. The van der Waals surface area contributed by atoms with Gasteiger partial charge >= 0.3 is 0 Å². The second-order valence-electron chi connectivity index (χ2n) is 4.37. The zero-order chi connectivity index (χ0) is 11.7. The maximum Gasteiger partial charge on any atom is 0.231 e. The molecular weight excluding hydrogens is 236 g/mol. The van der Waals surface area contributed by atoms with Crippen LogP contribution in [0.25, 0.3) is 0 Å². The van der Waals surface area contributed by atoms with Gasteiger partial charge in [-0.15, -0.1) is 11.8 Å². The minimum Gasteiger partial charge on any atom is -0.454 e. The van der Waals surface area contributed by atoms with E-state index in [-0.39, 0.29) is 0 Å². The summed E-state index contributed by atoms with van der Waals surface area (Å²) in [4.78, 5) is 12.4. The number of hydrogen-bond donors (Lipinski definition) is 0. The minimum absolute atomic E-state index is 0.321. The minimum atomic E-state index is 0.321. The van der Waals surface area contributed by atoms with E-state index in [4.69, 9.17) is 9.47 Å². The number of fused-ring (bicyclic) bond motifs is 1. The third-order valence-electron chi connectivity index (χ3n) is 3.14. The largest absolute Gasteiger partial charge is 0.454 e. The zero-order valence-corrected chi connectivity index (χ0v) is 10.3. The van der Waals surface area contributed by atoms with Crippen LogP contribution in [-0.4, -0.2) is 17.8 Å². The Labute approximate surface area is 104 Å². The Morgan fingerprint density at radius 3 is 2.71 bits per heavy atom. The van der Waals surface area contributed by atoms with Crippen LogP contribution in [0.3, 0.4) is 0 Å². The van der Waals surface area contributed by atoms with Crippen molar-refractivity contribution in [2.75, 3.05) is 6.79 Å². The van der Waals surface area contributed by atoms with E-state index in [1.807, 2.05) is 23.9 Å². The molecule has 3 nitrogen and oxygen atoms in total. The third kappa shape index (κ3) is 2.41. The third-order valence-corrected chi connectivity index (χ3v) is 4.47. The molecule has 0 saturated heterocycles. The van der Waals surface area contributed by atoms with Crippen molar-refractivity contribution >= 4 is 17.5 Å². The maximum atomic E-state index is 11.2. The lowest BCUT2D eigenvalue weighted by Crippen LogP contribution is -2.15. The molecule has 1 aromatic carbocycles.